The van der Waals surface area contributed by atoms with Crippen molar-refractivity contribution in [3.8, 4) is 0 Å². The molecule has 0 aliphatic rings. The Morgan fingerprint density at radius 2 is 1.72 bits per heavy atom. The Kier molecular flexibility index (Phi) is 3.88. The summed E-state index contributed by atoms with van der Waals surface area (Å²) in [6, 6.07) is 14.6. The van der Waals surface area contributed by atoms with E-state index in [1.54, 1.807) is 0 Å². The van der Waals surface area contributed by atoms with Crippen molar-refractivity contribution in [2.24, 2.45) is 0 Å². The molecule has 0 amide bonds. The molecule has 0 spiro atoms. The topological polar surface area (TPSA) is 38.0 Å². The van der Waals surface area contributed by atoms with Crippen molar-refractivity contribution in [3.63, 3.8) is 0 Å². The lowest BCUT2D eigenvalue weighted by Gasteiger charge is -2.12. The molecule has 0 unspecified atom stereocenters. The molecule has 2 aromatic carbocycles. The minimum Gasteiger partial charge on any atom is -0.397 e. The molecule has 0 bridgehead atoms. The molecule has 94 valence electrons. The predicted octanol–water partition coefficient (Wildman–Crippen LogP) is 3.54. The van der Waals surface area contributed by atoms with E-state index in [0.717, 1.165) is 24.3 Å². The van der Waals surface area contributed by atoms with Gasteiger partial charge in [0, 0.05) is 6.54 Å². The van der Waals surface area contributed by atoms with Gasteiger partial charge in [0.25, 0.3) is 0 Å². The van der Waals surface area contributed by atoms with Gasteiger partial charge < -0.3 is 11.1 Å². The van der Waals surface area contributed by atoms with Crippen LogP contribution in [0.25, 0.3) is 0 Å². The van der Waals surface area contributed by atoms with Gasteiger partial charge in [0.15, 0.2) is 0 Å². The van der Waals surface area contributed by atoms with E-state index in [2.05, 4.69) is 49.5 Å². The smallest absolute Gasteiger partial charge is 0.0603 e. The van der Waals surface area contributed by atoms with Gasteiger partial charge in [0.2, 0.25) is 0 Å². The van der Waals surface area contributed by atoms with Gasteiger partial charge in [0.1, 0.15) is 0 Å². The number of benzene rings is 2. The quantitative estimate of drug-likeness (QED) is 0.802. The monoisotopic (exact) mass is 240 g/mol. The molecule has 2 heteroatoms. The molecule has 18 heavy (non-hydrogen) atoms. The second kappa shape index (κ2) is 5.58. The first-order chi connectivity index (χ1) is 8.66. The third kappa shape index (κ3) is 3.04. The third-order valence-corrected chi connectivity index (χ3v) is 3.14. The van der Waals surface area contributed by atoms with E-state index in [4.69, 9.17) is 5.73 Å². The molecule has 3 N–H and O–H groups in total. The zero-order valence-electron chi connectivity index (χ0n) is 11.0. The standard InChI is InChI=1S/C16H20N2/c1-12-6-8-14(9-7-12)10-11-18-16-13(2)4-3-5-15(16)17/h3-9,18H,10-11,17H2,1-2H3. The van der Waals surface area contributed by atoms with Crippen LogP contribution in [0.15, 0.2) is 42.5 Å². The van der Waals surface area contributed by atoms with Crippen LogP contribution in [0, 0.1) is 13.8 Å². The van der Waals surface area contributed by atoms with Crippen molar-refractivity contribution >= 4 is 11.4 Å². The van der Waals surface area contributed by atoms with Crippen LogP contribution in [0.1, 0.15) is 16.7 Å². The van der Waals surface area contributed by atoms with E-state index in [0.29, 0.717) is 0 Å². The average molecular weight is 240 g/mol. The molecule has 0 fully saturated rings. The van der Waals surface area contributed by atoms with E-state index in [-0.39, 0.29) is 0 Å². The molecular weight excluding hydrogens is 220 g/mol. The second-order valence-electron chi connectivity index (χ2n) is 4.70. The van der Waals surface area contributed by atoms with Crippen LogP contribution in [-0.2, 0) is 6.42 Å². The van der Waals surface area contributed by atoms with Gasteiger partial charge in [-0.25, -0.2) is 0 Å². The van der Waals surface area contributed by atoms with Crippen molar-refractivity contribution in [1.29, 1.82) is 0 Å². The van der Waals surface area contributed by atoms with Gasteiger partial charge in [-0.3, -0.25) is 0 Å². The molecule has 2 aromatic rings. The summed E-state index contributed by atoms with van der Waals surface area (Å²) in [4.78, 5) is 0. The third-order valence-electron chi connectivity index (χ3n) is 3.14. The summed E-state index contributed by atoms with van der Waals surface area (Å²) in [6.45, 7) is 5.08. The summed E-state index contributed by atoms with van der Waals surface area (Å²) >= 11 is 0. The normalized spacial score (nSPS) is 10.3. The first-order valence-corrected chi connectivity index (χ1v) is 6.31. The Bertz CT molecular complexity index is 495. The van der Waals surface area contributed by atoms with Gasteiger partial charge in [-0.05, 0) is 37.5 Å². The Hall–Kier alpha value is -1.96. The number of nitrogens with one attached hydrogen (secondary N) is 1. The number of para-hydroxylation sites is 1. The molecule has 0 atom stereocenters. The lowest BCUT2D eigenvalue weighted by atomic mass is 10.1. The highest BCUT2D eigenvalue weighted by molar-refractivity contribution is 5.69. The minimum atomic E-state index is 0.818. The lowest BCUT2D eigenvalue weighted by Crippen LogP contribution is -2.08. The van der Waals surface area contributed by atoms with Crippen LogP contribution in [0.4, 0.5) is 11.4 Å². The maximum atomic E-state index is 5.96. The van der Waals surface area contributed by atoms with E-state index in [1.165, 1.54) is 16.7 Å². The van der Waals surface area contributed by atoms with Crippen LogP contribution in [0.5, 0.6) is 0 Å². The van der Waals surface area contributed by atoms with Gasteiger partial charge in [-0.1, -0.05) is 42.0 Å². The SMILES string of the molecule is Cc1ccc(CCNc2c(C)cccc2N)cc1. The van der Waals surface area contributed by atoms with Gasteiger partial charge >= 0.3 is 0 Å². The molecule has 0 aromatic heterocycles. The Morgan fingerprint density at radius 1 is 1.00 bits per heavy atom. The Morgan fingerprint density at radius 3 is 2.39 bits per heavy atom. The lowest BCUT2D eigenvalue weighted by molar-refractivity contribution is 1.02. The highest BCUT2D eigenvalue weighted by atomic mass is 14.9. The molecule has 0 aliphatic heterocycles. The zero-order valence-corrected chi connectivity index (χ0v) is 11.0. The summed E-state index contributed by atoms with van der Waals surface area (Å²) in [5.41, 5.74) is 11.7. The van der Waals surface area contributed by atoms with Gasteiger partial charge in [-0.15, -0.1) is 0 Å². The van der Waals surface area contributed by atoms with Gasteiger partial charge in [0.05, 0.1) is 11.4 Å². The fourth-order valence-corrected chi connectivity index (χ4v) is 2.02. The maximum Gasteiger partial charge on any atom is 0.0603 e. The van der Waals surface area contributed by atoms with Crippen molar-refractivity contribution in [2.45, 2.75) is 20.3 Å². The number of aryl methyl sites for hydroxylation is 2. The fourth-order valence-electron chi connectivity index (χ4n) is 2.02. The van der Waals surface area contributed by atoms with Crippen molar-refractivity contribution in [2.75, 3.05) is 17.6 Å². The van der Waals surface area contributed by atoms with E-state index >= 15 is 0 Å². The molecule has 0 heterocycles. The molecule has 0 radical (unpaired) electrons. The average Bonchev–Trinajstić information content (AvgIpc) is 2.35. The summed E-state index contributed by atoms with van der Waals surface area (Å²) < 4.78 is 0. The summed E-state index contributed by atoms with van der Waals surface area (Å²) in [5.74, 6) is 0. The molecule has 0 saturated heterocycles. The van der Waals surface area contributed by atoms with Crippen LogP contribution in [-0.4, -0.2) is 6.54 Å². The Balaban J connectivity index is 1.94. The highest BCUT2D eigenvalue weighted by Crippen LogP contribution is 2.22. The zero-order chi connectivity index (χ0) is 13.0. The molecule has 2 rings (SSSR count). The van der Waals surface area contributed by atoms with Crippen molar-refractivity contribution in [3.05, 3.63) is 59.2 Å². The number of nitrogens with two attached hydrogens (primary N) is 1. The first kappa shape index (κ1) is 12.5. The first-order valence-electron chi connectivity index (χ1n) is 6.31. The summed E-state index contributed by atoms with van der Waals surface area (Å²) in [7, 11) is 0. The van der Waals surface area contributed by atoms with Crippen LogP contribution >= 0.6 is 0 Å². The predicted molar refractivity (Wildman–Crippen MR) is 79.0 cm³/mol. The van der Waals surface area contributed by atoms with Gasteiger partial charge in [-0.2, -0.15) is 0 Å². The number of anilines is 2. The molecule has 2 nitrogen and oxygen atoms in total. The number of hydrogen-bond acceptors (Lipinski definition) is 2. The second-order valence-corrected chi connectivity index (χ2v) is 4.70. The molecule has 0 saturated carbocycles. The minimum absolute atomic E-state index is 0.818. The largest absolute Gasteiger partial charge is 0.397 e. The highest BCUT2D eigenvalue weighted by Gasteiger charge is 2.01. The summed E-state index contributed by atoms with van der Waals surface area (Å²) in [6.07, 6.45) is 1.01. The Labute approximate surface area is 109 Å². The van der Waals surface area contributed by atoms with Crippen LogP contribution in [0.3, 0.4) is 0 Å². The number of hydrogen-bond donors (Lipinski definition) is 2. The number of nitrogen functional groups attached to an aromatic ring is 1. The van der Waals surface area contributed by atoms with Crippen LogP contribution < -0.4 is 11.1 Å². The summed E-state index contributed by atoms with van der Waals surface area (Å²) in [5, 5.41) is 3.42. The van der Waals surface area contributed by atoms with Crippen molar-refractivity contribution < 1.29 is 0 Å². The maximum absolute atomic E-state index is 5.96. The van der Waals surface area contributed by atoms with E-state index in [1.807, 2.05) is 12.1 Å². The van der Waals surface area contributed by atoms with Crippen LogP contribution in [0.2, 0.25) is 0 Å². The van der Waals surface area contributed by atoms with Crippen molar-refractivity contribution in [1.82, 2.24) is 0 Å². The molecule has 0 aliphatic carbocycles. The van der Waals surface area contributed by atoms with E-state index in [9.17, 15) is 0 Å². The number of rotatable bonds is 4. The molecular formula is C16H20N2. The fraction of sp³-hybridized carbons (Fsp3) is 0.250. The van der Waals surface area contributed by atoms with E-state index < -0.39 is 0 Å².